The van der Waals surface area contributed by atoms with Crippen LogP contribution in [0.1, 0.15) is 22.2 Å². The number of nitrogens with one attached hydrogen (secondary N) is 1. The Hall–Kier alpha value is -1.79. The van der Waals surface area contributed by atoms with Gasteiger partial charge in [-0.05, 0) is 34.1 Å². The summed E-state index contributed by atoms with van der Waals surface area (Å²) in [5.41, 5.74) is 0.878. The van der Waals surface area contributed by atoms with Crippen LogP contribution in [0.5, 0.6) is 5.75 Å². The third-order valence-electron chi connectivity index (χ3n) is 3.02. The molecule has 2 aromatic rings. The van der Waals surface area contributed by atoms with Crippen LogP contribution in [0.15, 0.2) is 45.5 Å². The van der Waals surface area contributed by atoms with E-state index in [-0.39, 0.29) is 17.8 Å². The molecule has 0 saturated carbocycles. The summed E-state index contributed by atoms with van der Waals surface area (Å²) < 4.78 is 16.5. The second kappa shape index (κ2) is 7.28. The van der Waals surface area contributed by atoms with Crippen LogP contribution >= 0.6 is 15.9 Å². The lowest BCUT2D eigenvalue weighted by molar-refractivity contribution is 0.0798. The molecule has 1 atom stereocenters. The van der Waals surface area contributed by atoms with Gasteiger partial charge in [-0.2, -0.15) is 0 Å². The van der Waals surface area contributed by atoms with Gasteiger partial charge in [0.15, 0.2) is 10.4 Å². The van der Waals surface area contributed by atoms with E-state index in [4.69, 9.17) is 13.9 Å². The molecule has 0 spiro atoms. The summed E-state index contributed by atoms with van der Waals surface area (Å²) >= 11 is 3.16. The van der Waals surface area contributed by atoms with Crippen molar-refractivity contribution in [3.05, 3.63) is 52.4 Å². The van der Waals surface area contributed by atoms with Crippen LogP contribution < -0.4 is 10.1 Å². The summed E-state index contributed by atoms with van der Waals surface area (Å²) in [4.78, 5) is 12.0. The first-order chi connectivity index (χ1) is 10.2. The number of halogens is 1. The molecule has 0 aliphatic heterocycles. The van der Waals surface area contributed by atoms with Crippen molar-refractivity contribution in [3.8, 4) is 5.75 Å². The Morgan fingerprint density at radius 1 is 1.29 bits per heavy atom. The van der Waals surface area contributed by atoms with E-state index in [1.807, 2.05) is 24.3 Å². The molecule has 6 heteroatoms. The lowest BCUT2D eigenvalue weighted by Gasteiger charge is -2.18. The molecule has 0 saturated heterocycles. The molecule has 0 radical (unpaired) electrons. The zero-order valence-corrected chi connectivity index (χ0v) is 13.3. The third kappa shape index (κ3) is 3.86. The van der Waals surface area contributed by atoms with Gasteiger partial charge in [-0.1, -0.05) is 18.2 Å². The highest BCUT2D eigenvalue weighted by Gasteiger charge is 2.18. The molecule has 1 aromatic carbocycles. The number of carbonyl (C=O) groups excluding carboxylic acids is 1. The van der Waals surface area contributed by atoms with Crippen LogP contribution in [0.25, 0.3) is 0 Å². The quantitative estimate of drug-likeness (QED) is 0.866. The van der Waals surface area contributed by atoms with E-state index in [1.54, 1.807) is 26.4 Å². The summed E-state index contributed by atoms with van der Waals surface area (Å²) in [7, 11) is 3.19. The van der Waals surface area contributed by atoms with Gasteiger partial charge in [0.05, 0.1) is 7.11 Å². The molecule has 1 aromatic heterocycles. The van der Waals surface area contributed by atoms with Gasteiger partial charge >= 0.3 is 0 Å². The van der Waals surface area contributed by atoms with Gasteiger partial charge in [0.25, 0.3) is 5.91 Å². The lowest BCUT2D eigenvalue weighted by atomic mass is 10.1. The number of para-hydroxylation sites is 1. The first kappa shape index (κ1) is 15.6. The van der Waals surface area contributed by atoms with Gasteiger partial charge in [0.1, 0.15) is 11.9 Å². The maximum atomic E-state index is 12.0. The van der Waals surface area contributed by atoms with Crippen LogP contribution in [-0.2, 0) is 4.74 Å². The molecule has 1 N–H and O–H groups in total. The van der Waals surface area contributed by atoms with E-state index < -0.39 is 0 Å². The second-order valence-corrected chi connectivity index (χ2v) is 5.06. The Labute approximate surface area is 131 Å². The van der Waals surface area contributed by atoms with E-state index in [2.05, 4.69) is 21.2 Å². The average Bonchev–Trinajstić information content (AvgIpc) is 2.94. The summed E-state index contributed by atoms with van der Waals surface area (Å²) in [5, 5.41) is 2.78. The minimum atomic E-state index is -0.302. The lowest BCUT2D eigenvalue weighted by Crippen LogP contribution is -2.29. The van der Waals surface area contributed by atoms with Crippen molar-refractivity contribution in [1.29, 1.82) is 0 Å². The predicted octanol–water partition coefficient (Wildman–Crippen LogP) is 3.17. The predicted molar refractivity (Wildman–Crippen MR) is 81.5 cm³/mol. The fourth-order valence-electron chi connectivity index (χ4n) is 1.96. The number of hydrogen-bond acceptors (Lipinski definition) is 4. The Bertz CT molecular complexity index is 611. The van der Waals surface area contributed by atoms with Crippen LogP contribution in [0.3, 0.4) is 0 Å². The smallest absolute Gasteiger partial charge is 0.287 e. The zero-order valence-electron chi connectivity index (χ0n) is 11.8. The number of ether oxygens (including phenoxy) is 2. The number of hydrogen-bond donors (Lipinski definition) is 1. The highest BCUT2D eigenvalue weighted by Crippen LogP contribution is 2.26. The topological polar surface area (TPSA) is 60.7 Å². The largest absolute Gasteiger partial charge is 0.496 e. The number of carbonyl (C=O) groups is 1. The molecule has 5 nitrogen and oxygen atoms in total. The fourth-order valence-corrected chi connectivity index (χ4v) is 2.27. The van der Waals surface area contributed by atoms with Gasteiger partial charge in [0, 0.05) is 19.2 Å². The third-order valence-corrected chi connectivity index (χ3v) is 3.44. The molecule has 21 heavy (non-hydrogen) atoms. The SMILES string of the molecule is COc1ccccc1[C@H](CNC(=O)c1ccc(Br)o1)OC. The first-order valence-electron chi connectivity index (χ1n) is 6.35. The van der Waals surface area contributed by atoms with Crippen molar-refractivity contribution in [2.24, 2.45) is 0 Å². The minimum Gasteiger partial charge on any atom is -0.496 e. The van der Waals surface area contributed by atoms with Gasteiger partial charge in [-0.25, -0.2) is 0 Å². The number of amides is 1. The minimum absolute atomic E-state index is 0.247. The number of furan rings is 1. The maximum absolute atomic E-state index is 12.0. The highest BCUT2D eigenvalue weighted by molar-refractivity contribution is 9.10. The van der Waals surface area contributed by atoms with E-state index in [0.717, 1.165) is 11.3 Å². The maximum Gasteiger partial charge on any atom is 0.287 e. The van der Waals surface area contributed by atoms with Crippen LogP contribution in [0.2, 0.25) is 0 Å². The summed E-state index contributed by atoms with van der Waals surface area (Å²) in [6, 6.07) is 10.8. The molecular weight excluding hydrogens is 338 g/mol. The van der Waals surface area contributed by atoms with Crippen molar-refractivity contribution in [3.63, 3.8) is 0 Å². The standard InChI is InChI=1S/C15H16BrNO4/c1-19-11-6-4-3-5-10(11)13(20-2)9-17-15(18)12-7-8-14(16)21-12/h3-8,13H,9H2,1-2H3,(H,17,18)/t13-/m0/s1. The molecule has 0 unspecified atom stereocenters. The summed E-state index contributed by atoms with van der Waals surface area (Å²) in [6.45, 7) is 0.314. The second-order valence-electron chi connectivity index (χ2n) is 4.28. The number of methoxy groups -OCH3 is 2. The normalized spacial score (nSPS) is 12.0. The molecule has 112 valence electrons. The van der Waals surface area contributed by atoms with Gasteiger partial charge < -0.3 is 19.2 Å². The number of benzene rings is 1. The van der Waals surface area contributed by atoms with Crippen molar-refractivity contribution >= 4 is 21.8 Å². The van der Waals surface area contributed by atoms with Gasteiger partial charge in [-0.3, -0.25) is 4.79 Å². The Balaban J connectivity index is 2.04. The molecule has 0 aliphatic rings. The molecule has 1 heterocycles. The van der Waals surface area contributed by atoms with Gasteiger partial charge in [-0.15, -0.1) is 0 Å². The zero-order chi connectivity index (χ0) is 15.2. The Kier molecular flexibility index (Phi) is 5.41. The summed E-state index contributed by atoms with van der Waals surface area (Å²) in [5.74, 6) is 0.675. The van der Waals surface area contributed by atoms with Crippen LogP contribution in [0, 0.1) is 0 Å². The van der Waals surface area contributed by atoms with Crippen LogP contribution in [0.4, 0.5) is 0 Å². The molecule has 2 rings (SSSR count). The average molecular weight is 354 g/mol. The molecular formula is C15H16BrNO4. The molecule has 0 aliphatic carbocycles. The van der Waals surface area contributed by atoms with Crippen molar-refractivity contribution in [2.75, 3.05) is 20.8 Å². The highest BCUT2D eigenvalue weighted by atomic mass is 79.9. The Morgan fingerprint density at radius 3 is 2.67 bits per heavy atom. The fraction of sp³-hybridized carbons (Fsp3) is 0.267. The monoisotopic (exact) mass is 353 g/mol. The van der Waals surface area contributed by atoms with E-state index in [1.165, 1.54) is 0 Å². The Morgan fingerprint density at radius 2 is 2.05 bits per heavy atom. The van der Waals surface area contributed by atoms with Crippen LogP contribution in [-0.4, -0.2) is 26.7 Å². The van der Waals surface area contributed by atoms with Crippen molar-refractivity contribution < 1.29 is 18.7 Å². The molecule has 0 fully saturated rings. The van der Waals surface area contributed by atoms with Crippen molar-refractivity contribution in [2.45, 2.75) is 6.10 Å². The summed E-state index contributed by atoms with van der Waals surface area (Å²) in [6.07, 6.45) is -0.302. The van der Waals surface area contributed by atoms with Gasteiger partial charge in [0.2, 0.25) is 0 Å². The first-order valence-corrected chi connectivity index (χ1v) is 7.14. The van der Waals surface area contributed by atoms with E-state index in [9.17, 15) is 4.79 Å². The number of rotatable bonds is 6. The van der Waals surface area contributed by atoms with E-state index >= 15 is 0 Å². The van der Waals surface area contributed by atoms with E-state index in [0.29, 0.717) is 11.2 Å². The molecule has 1 amide bonds. The molecule has 0 bridgehead atoms. The van der Waals surface area contributed by atoms with Crippen molar-refractivity contribution in [1.82, 2.24) is 5.32 Å².